The molecular weight excluding hydrogens is 372 g/mol. The summed E-state index contributed by atoms with van der Waals surface area (Å²) in [5.74, 6) is 1.17. The van der Waals surface area contributed by atoms with E-state index in [1.165, 1.54) is 6.08 Å². The molecule has 0 aliphatic heterocycles. The third-order valence-corrected chi connectivity index (χ3v) is 4.80. The summed E-state index contributed by atoms with van der Waals surface area (Å²) in [5, 5.41) is 5.87. The van der Waals surface area contributed by atoms with Crippen molar-refractivity contribution in [1.82, 2.24) is 4.98 Å². The van der Waals surface area contributed by atoms with Crippen molar-refractivity contribution < 1.29 is 14.3 Å². The SMILES string of the molecule is COc1ccc(C)cc1NC(=O)/C=C/c1ccc(OCc2csc(C)n2)cc1. The van der Waals surface area contributed by atoms with E-state index in [0.29, 0.717) is 18.0 Å². The number of aromatic nitrogens is 1. The molecule has 0 bridgehead atoms. The monoisotopic (exact) mass is 394 g/mol. The van der Waals surface area contributed by atoms with E-state index in [9.17, 15) is 4.79 Å². The lowest BCUT2D eigenvalue weighted by molar-refractivity contribution is -0.111. The highest BCUT2D eigenvalue weighted by Gasteiger charge is 2.05. The number of ether oxygens (including phenoxy) is 2. The summed E-state index contributed by atoms with van der Waals surface area (Å²) in [4.78, 5) is 16.6. The smallest absolute Gasteiger partial charge is 0.248 e. The second-order valence-electron chi connectivity index (χ2n) is 6.24. The highest BCUT2D eigenvalue weighted by Crippen LogP contribution is 2.25. The predicted octanol–water partition coefficient (Wildman–Crippen LogP) is 5.00. The minimum atomic E-state index is -0.219. The zero-order chi connectivity index (χ0) is 19.9. The van der Waals surface area contributed by atoms with Gasteiger partial charge < -0.3 is 14.8 Å². The number of thiazole rings is 1. The number of benzene rings is 2. The van der Waals surface area contributed by atoms with Crippen LogP contribution in [0.2, 0.25) is 0 Å². The first-order valence-electron chi connectivity index (χ1n) is 8.81. The summed E-state index contributed by atoms with van der Waals surface area (Å²) in [7, 11) is 1.58. The Bertz CT molecular complexity index is 978. The van der Waals surface area contributed by atoms with Gasteiger partial charge in [0, 0.05) is 11.5 Å². The molecule has 0 saturated carbocycles. The molecule has 3 aromatic rings. The molecule has 144 valence electrons. The molecule has 1 heterocycles. The van der Waals surface area contributed by atoms with Crippen molar-refractivity contribution in [1.29, 1.82) is 0 Å². The first-order valence-corrected chi connectivity index (χ1v) is 9.69. The second-order valence-corrected chi connectivity index (χ2v) is 7.30. The van der Waals surface area contributed by atoms with Gasteiger partial charge in [0.2, 0.25) is 5.91 Å². The number of methoxy groups -OCH3 is 1. The summed E-state index contributed by atoms with van der Waals surface area (Å²) >= 11 is 1.61. The van der Waals surface area contributed by atoms with Gasteiger partial charge in [-0.2, -0.15) is 0 Å². The van der Waals surface area contributed by atoms with Crippen LogP contribution in [0.3, 0.4) is 0 Å². The number of hydrogen-bond donors (Lipinski definition) is 1. The number of carbonyl (C=O) groups is 1. The highest BCUT2D eigenvalue weighted by atomic mass is 32.1. The molecule has 0 atom stereocenters. The van der Waals surface area contributed by atoms with Gasteiger partial charge in [0.15, 0.2) is 0 Å². The van der Waals surface area contributed by atoms with Crippen LogP contribution < -0.4 is 14.8 Å². The van der Waals surface area contributed by atoms with Crippen LogP contribution in [0.25, 0.3) is 6.08 Å². The Labute approximate surface area is 168 Å². The van der Waals surface area contributed by atoms with Crippen LogP contribution in [-0.2, 0) is 11.4 Å². The van der Waals surface area contributed by atoms with E-state index in [0.717, 1.165) is 27.6 Å². The maximum absolute atomic E-state index is 12.2. The summed E-state index contributed by atoms with van der Waals surface area (Å²) in [6.45, 7) is 4.38. The predicted molar refractivity (Wildman–Crippen MR) is 113 cm³/mol. The Morgan fingerprint density at radius 3 is 2.64 bits per heavy atom. The molecule has 1 N–H and O–H groups in total. The van der Waals surface area contributed by atoms with Crippen LogP contribution in [-0.4, -0.2) is 18.0 Å². The second kappa shape index (κ2) is 9.19. The molecule has 0 saturated heterocycles. The van der Waals surface area contributed by atoms with Crippen LogP contribution in [0, 0.1) is 13.8 Å². The van der Waals surface area contributed by atoms with Gasteiger partial charge in [-0.05, 0) is 55.3 Å². The van der Waals surface area contributed by atoms with Gasteiger partial charge in [-0.25, -0.2) is 4.98 Å². The van der Waals surface area contributed by atoms with Crippen molar-refractivity contribution in [3.05, 3.63) is 75.7 Å². The first-order chi connectivity index (χ1) is 13.5. The maximum Gasteiger partial charge on any atom is 0.248 e. The molecule has 3 rings (SSSR count). The van der Waals surface area contributed by atoms with E-state index in [1.54, 1.807) is 24.5 Å². The van der Waals surface area contributed by atoms with Crippen molar-refractivity contribution in [3.8, 4) is 11.5 Å². The summed E-state index contributed by atoms with van der Waals surface area (Å²) in [6, 6.07) is 13.2. The molecule has 28 heavy (non-hydrogen) atoms. The molecule has 0 aliphatic carbocycles. The topological polar surface area (TPSA) is 60.5 Å². The van der Waals surface area contributed by atoms with Crippen molar-refractivity contribution in [3.63, 3.8) is 0 Å². The Kier molecular flexibility index (Phi) is 6.45. The van der Waals surface area contributed by atoms with Crippen LogP contribution in [0.5, 0.6) is 11.5 Å². The third-order valence-electron chi connectivity index (χ3n) is 3.97. The number of anilines is 1. The van der Waals surface area contributed by atoms with Crippen molar-refractivity contribution in [2.24, 2.45) is 0 Å². The third kappa shape index (κ3) is 5.44. The maximum atomic E-state index is 12.2. The number of amides is 1. The first kappa shape index (κ1) is 19.6. The lowest BCUT2D eigenvalue weighted by Gasteiger charge is -2.09. The number of aryl methyl sites for hydroxylation is 2. The Morgan fingerprint density at radius 2 is 1.96 bits per heavy atom. The van der Waals surface area contributed by atoms with Crippen molar-refractivity contribution >= 4 is 29.0 Å². The van der Waals surface area contributed by atoms with Crippen molar-refractivity contribution in [2.75, 3.05) is 12.4 Å². The van der Waals surface area contributed by atoms with Gasteiger partial charge in [0.05, 0.1) is 23.5 Å². The van der Waals surface area contributed by atoms with Gasteiger partial charge in [0.25, 0.3) is 0 Å². The number of carbonyl (C=O) groups excluding carboxylic acids is 1. The van der Waals surface area contributed by atoms with Gasteiger partial charge in [-0.15, -0.1) is 11.3 Å². The van der Waals surface area contributed by atoms with Gasteiger partial charge >= 0.3 is 0 Å². The van der Waals surface area contributed by atoms with Gasteiger partial charge in [-0.3, -0.25) is 4.79 Å². The largest absolute Gasteiger partial charge is 0.495 e. The molecular formula is C22H22N2O3S. The molecule has 1 aromatic heterocycles. The Morgan fingerprint density at radius 1 is 1.18 bits per heavy atom. The van der Waals surface area contributed by atoms with Gasteiger partial charge in [-0.1, -0.05) is 18.2 Å². The fraction of sp³-hybridized carbons (Fsp3) is 0.182. The van der Waals surface area contributed by atoms with Crippen molar-refractivity contribution in [2.45, 2.75) is 20.5 Å². The average molecular weight is 394 g/mol. The average Bonchev–Trinajstić information content (AvgIpc) is 3.11. The van der Waals surface area contributed by atoms with Crippen LogP contribution in [0.15, 0.2) is 53.9 Å². The number of nitrogens with one attached hydrogen (secondary N) is 1. The van der Waals surface area contributed by atoms with Crippen LogP contribution >= 0.6 is 11.3 Å². The Balaban J connectivity index is 1.56. The van der Waals surface area contributed by atoms with Gasteiger partial charge in [0.1, 0.15) is 18.1 Å². The van der Waals surface area contributed by atoms with Crippen LogP contribution in [0.1, 0.15) is 21.8 Å². The molecule has 5 nitrogen and oxygen atoms in total. The van der Waals surface area contributed by atoms with E-state index < -0.39 is 0 Å². The minimum Gasteiger partial charge on any atom is -0.495 e. The summed E-state index contributed by atoms with van der Waals surface area (Å²) in [5.41, 5.74) is 3.53. The number of nitrogens with zero attached hydrogens (tertiary/aromatic N) is 1. The van der Waals surface area contributed by atoms with E-state index in [-0.39, 0.29) is 5.91 Å². The molecule has 0 fully saturated rings. The fourth-order valence-corrected chi connectivity index (χ4v) is 3.17. The highest BCUT2D eigenvalue weighted by molar-refractivity contribution is 7.09. The minimum absolute atomic E-state index is 0.219. The van der Waals surface area contributed by atoms with E-state index >= 15 is 0 Å². The fourth-order valence-electron chi connectivity index (χ4n) is 2.57. The summed E-state index contributed by atoms with van der Waals surface area (Å²) in [6.07, 6.45) is 3.25. The molecule has 0 aliphatic rings. The van der Waals surface area contributed by atoms with E-state index in [4.69, 9.17) is 9.47 Å². The molecule has 0 spiro atoms. The Hall–Kier alpha value is -3.12. The van der Waals surface area contributed by atoms with E-state index in [1.807, 2.05) is 61.7 Å². The zero-order valence-electron chi connectivity index (χ0n) is 16.1. The standard InChI is InChI=1S/C22H22N2O3S/c1-15-4-10-21(26-3)20(12-15)24-22(25)11-7-17-5-8-19(9-6-17)27-13-18-14-28-16(2)23-18/h4-12,14H,13H2,1-3H3,(H,24,25)/b11-7+. The number of hydrogen-bond acceptors (Lipinski definition) is 5. The molecule has 2 aromatic carbocycles. The molecule has 0 radical (unpaired) electrons. The summed E-state index contributed by atoms with van der Waals surface area (Å²) < 4.78 is 11.0. The molecule has 0 unspecified atom stereocenters. The lowest BCUT2D eigenvalue weighted by Crippen LogP contribution is -2.09. The van der Waals surface area contributed by atoms with Crippen LogP contribution in [0.4, 0.5) is 5.69 Å². The van der Waals surface area contributed by atoms with E-state index in [2.05, 4.69) is 10.3 Å². The number of rotatable bonds is 7. The zero-order valence-corrected chi connectivity index (χ0v) is 16.9. The normalized spacial score (nSPS) is 10.8. The lowest BCUT2D eigenvalue weighted by atomic mass is 10.2. The quantitative estimate of drug-likeness (QED) is 0.573. The molecule has 6 heteroatoms. The molecule has 1 amide bonds.